The Bertz CT molecular complexity index is 489. The van der Waals surface area contributed by atoms with E-state index in [1.54, 1.807) is 20.8 Å². The first-order valence-electron chi connectivity index (χ1n) is 5.49. The van der Waals surface area contributed by atoms with Gasteiger partial charge in [0.25, 0.3) is 0 Å². The molecule has 1 aromatic rings. The molecule has 0 fully saturated rings. The molecule has 1 amide bonds. The highest BCUT2D eigenvalue weighted by atomic mass is 16.6. The number of aromatic nitrogens is 2. The van der Waals surface area contributed by atoms with Crippen LogP contribution in [-0.4, -0.2) is 32.7 Å². The molecule has 1 rings (SSSR count). The van der Waals surface area contributed by atoms with E-state index in [4.69, 9.17) is 9.84 Å². The Kier molecular flexibility index (Phi) is 4.57. The number of nitrogens with zero attached hydrogens (tertiary/aromatic N) is 2. The van der Waals surface area contributed by atoms with Crippen LogP contribution in [0.2, 0.25) is 0 Å². The molecule has 0 atom stereocenters. The molecular weight excluding hydrogens is 250 g/mol. The molecule has 2 N–H and O–H groups in total. The summed E-state index contributed by atoms with van der Waals surface area (Å²) in [7, 11) is 0. The van der Waals surface area contributed by atoms with Crippen molar-refractivity contribution in [1.82, 2.24) is 9.97 Å². The normalized spacial score (nSPS) is 11.3. The standard InChI is InChI=1S/C12H15N3O4/c1-12(2,3)19-11(18)15-10-13-6-8(7-14-10)4-5-9(16)17/h4-7H,1-3H3,(H,16,17)(H,13,14,15,18)/b5-4-. The van der Waals surface area contributed by atoms with E-state index in [-0.39, 0.29) is 5.95 Å². The van der Waals surface area contributed by atoms with Crippen molar-refractivity contribution in [2.75, 3.05) is 5.32 Å². The van der Waals surface area contributed by atoms with Crippen molar-refractivity contribution in [3.63, 3.8) is 0 Å². The van der Waals surface area contributed by atoms with Gasteiger partial charge in [0.15, 0.2) is 0 Å². The van der Waals surface area contributed by atoms with E-state index in [0.717, 1.165) is 6.08 Å². The van der Waals surface area contributed by atoms with Crippen LogP contribution >= 0.6 is 0 Å². The second-order valence-corrected chi connectivity index (χ2v) is 4.64. The molecule has 102 valence electrons. The summed E-state index contributed by atoms with van der Waals surface area (Å²) in [5.41, 5.74) is -0.0917. The number of aliphatic carboxylic acids is 1. The molecule has 0 saturated heterocycles. The molecule has 0 aromatic carbocycles. The molecule has 1 heterocycles. The van der Waals surface area contributed by atoms with Crippen LogP contribution in [0.25, 0.3) is 6.08 Å². The zero-order valence-electron chi connectivity index (χ0n) is 10.9. The molecule has 0 aliphatic carbocycles. The van der Waals surface area contributed by atoms with E-state index in [1.807, 2.05) is 0 Å². The maximum absolute atomic E-state index is 11.4. The molecule has 0 saturated carbocycles. The molecule has 0 aliphatic heterocycles. The average molecular weight is 265 g/mol. The minimum Gasteiger partial charge on any atom is -0.478 e. The number of rotatable bonds is 3. The van der Waals surface area contributed by atoms with Gasteiger partial charge < -0.3 is 9.84 Å². The van der Waals surface area contributed by atoms with Gasteiger partial charge in [-0.25, -0.2) is 19.6 Å². The summed E-state index contributed by atoms with van der Waals surface area (Å²) >= 11 is 0. The summed E-state index contributed by atoms with van der Waals surface area (Å²) in [6.45, 7) is 5.23. The summed E-state index contributed by atoms with van der Waals surface area (Å²) < 4.78 is 5.03. The number of carbonyl (C=O) groups excluding carboxylic acids is 1. The molecule has 0 spiro atoms. The smallest absolute Gasteiger partial charge is 0.414 e. The monoisotopic (exact) mass is 265 g/mol. The van der Waals surface area contributed by atoms with Gasteiger partial charge in [-0.05, 0) is 26.8 Å². The summed E-state index contributed by atoms with van der Waals surface area (Å²) in [4.78, 5) is 29.5. The minimum absolute atomic E-state index is 0.0849. The fraction of sp³-hybridized carbons (Fsp3) is 0.333. The first-order valence-corrected chi connectivity index (χ1v) is 5.49. The first-order chi connectivity index (χ1) is 8.76. The summed E-state index contributed by atoms with van der Waals surface area (Å²) in [6.07, 6.45) is 4.44. The van der Waals surface area contributed by atoms with Crippen molar-refractivity contribution >= 4 is 24.1 Å². The number of carboxylic acid groups (broad SMARTS) is 1. The van der Waals surface area contributed by atoms with E-state index < -0.39 is 17.7 Å². The van der Waals surface area contributed by atoms with Gasteiger partial charge in [0.05, 0.1) is 0 Å². The lowest BCUT2D eigenvalue weighted by atomic mass is 10.2. The second-order valence-electron chi connectivity index (χ2n) is 4.64. The number of hydrogen-bond acceptors (Lipinski definition) is 5. The Morgan fingerprint density at radius 3 is 2.37 bits per heavy atom. The summed E-state index contributed by atoms with van der Waals surface area (Å²) in [6, 6.07) is 0. The van der Waals surface area contributed by atoms with Gasteiger partial charge in [0, 0.05) is 24.0 Å². The fourth-order valence-corrected chi connectivity index (χ4v) is 1.05. The van der Waals surface area contributed by atoms with Crippen molar-refractivity contribution < 1.29 is 19.4 Å². The lowest BCUT2D eigenvalue weighted by Crippen LogP contribution is -2.27. The Balaban J connectivity index is 2.62. The highest BCUT2D eigenvalue weighted by molar-refractivity contribution is 5.85. The molecule has 1 aromatic heterocycles. The average Bonchev–Trinajstić information content (AvgIpc) is 2.25. The number of nitrogens with one attached hydrogen (secondary N) is 1. The SMILES string of the molecule is CC(C)(C)OC(=O)Nc1ncc(/C=C\C(=O)O)cn1. The molecule has 19 heavy (non-hydrogen) atoms. The summed E-state index contributed by atoms with van der Waals surface area (Å²) in [5.74, 6) is -0.974. The largest absolute Gasteiger partial charge is 0.478 e. The predicted octanol–water partition coefficient (Wildman–Crippen LogP) is 1.92. The first kappa shape index (κ1) is 14.6. The molecule has 0 unspecified atom stereocenters. The van der Waals surface area contributed by atoms with E-state index in [0.29, 0.717) is 5.56 Å². The molecule has 7 heteroatoms. The number of anilines is 1. The van der Waals surface area contributed by atoms with Gasteiger partial charge in [-0.3, -0.25) is 5.32 Å². The number of carboxylic acids is 1. The quantitative estimate of drug-likeness (QED) is 0.809. The van der Waals surface area contributed by atoms with Gasteiger partial charge in [0.1, 0.15) is 5.60 Å². The van der Waals surface area contributed by atoms with Gasteiger partial charge in [-0.15, -0.1) is 0 Å². The number of ether oxygens (including phenoxy) is 1. The highest BCUT2D eigenvalue weighted by Crippen LogP contribution is 2.09. The van der Waals surface area contributed by atoms with E-state index in [9.17, 15) is 9.59 Å². The molecule has 7 nitrogen and oxygen atoms in total. The maximum atomic E-state index is 11.4. The molecular formula is C12H15N3O4. The van der Waals surface area contributed by atoms with Gasteiger partial charge in [-0.2, -0.15) is 0 Å². The fourth-order valence-electron chi connectivity index (χ4n) is 1.05. The van der Waals surface area contributed by atoms with Crippen LogP contribution in [0, 0.1) is 0 Å². The highest BCUT2D eigenvalue weighted by Gasteiger charge is 2.16. The number of hydrogen-bond donors (Lipinski definition) is 2. The Morgan fingerprint density at radius 1 is 1.32 bits per heavy atom. The third-order valence-corrected chi connectivity index (χ3v) is 1.70. The Hall–Kier alpha value is -2.44. The van der Waals surface area contributed by atoms with Crippen molar-refractivity contribution in [3.8, 4) is 0 Å². The Labute approximate surface area is 110 Å². The zero-order chi connectivity index (χ0) is 14.5. The van der Waals surface area contributed by atoms with E-state index in [2.05, 4.69) is 15.3 Å². The summed E-state index contributed by atoms with van der Waals surface area (Å²) in [5, 5.41) is 10.8. The van der Waals surface area contributed by atoms with Crippen molar-refractivity contribution in [2.45, 2.75) is 26.4 Å². The number of carbonyl (C=O) groups is 2. The van der Waals surface area contributed by atoms with Crippen LogP contribution < -0.4 is 5.32 Å². The molecule has 0 radical (unpaired) electrons. The van der Waals surface area contributed by atoms with Crippen LogP contribution in [0.1, 0.15) is 26.3 Å². The topological polar surface area (TPSA) is 101 Å². The predicted molar refractivity (Wildman–Crippen MR) is 68.6 cm³/mol. The van der Waals surface area contributed by atoms with Crippen LogP contribution in [0.3, 0.4) is 0 Å². The van der Waals surface area contributed by atoms with Crippen LogP contribution in [-0.2, 0) is 9.53 Å². The van der Waals surface area contributed by atoms with Crippen molar-refractivity contribution in [1.29, 1.82) is 0 Å². The Morgan fingerprint density at radius 2 is 1.89 bits per heavy atom. The van der Waals surface area contributed by atoms with Gasteiger partial charge >= 0.3 is 12.1 Å². The van der Waals surface area contributed by atoms with Crippen molar-refractivity contribution in [2.24, 2.45) is 0 Å². The van der Waals surface area contributed by atoms with E-state index in [1.165, 1.54) is 18.5 Å². The number of amides is 1. The zero-order valence-corrected chi connectivity index (χ0v) is 10.9. The third kappa shape index (κ3) is 6.16. The van der Waals surface area contributed by atoms with Gasteiger partial charge in [-0.1, -0.05) is 0 Å². The molecule has 0 bridgehead atoms. The lowest BCUT2D eigenvalue weighted by Gasteiger charge is -2.19. The van der Waals surface area contributed by atoms with Crippen LogP contribution in [0.15, 0.2) is 18.5 Å². The maximum Gasteiger partial charge on any atom is 0.414 e. The lowest BCUT2D eigenvalue weighted by molar-refractivity contribution is -0.131. The van der Waals surface area contributed by atoms with Crippen LogP contribution in [0.5, 0.6) is 0 Å². The van der Waals surface area contributed by atoms with Crippen molar-refractivity contribution in [3.05, 3.63) is 24.0 Å². The minimum atomic E-state index is -1.06. The second kappa shape index (κ2) is 5.94. The van der Waals surface area contributed by atoms with E-state index >= 15 is 0 Å². The van der Waals surface area contributed by atoms with Crippen LogP contribution in [0.4, 0.5) is 10.7 Å². The molecule has 0 aliphatic rings. The third-order valence-electron chi connectivity index (χ3n) is 1.70. The van der Waals surface area contributed by atoms with Gasteiger partial charge in [0.2, 0.25) is 5.95 Å².